The van der Waals surface area contributed by atoms with Crippen LogP contribution in [0.1, 0.15) is 44.7 Å². The van der Waals surface area contributed by atoms with E-state index >= 15 is 0 Å². The van der Waals surface area contributed by atoms with Crippen LogP contribution in [0.3, 0.4) is 0 Å². The van der Waals surface area contributed by atoms with Gasteiger partial charge in [-0.05, 0) is 44.4 Å². The predicted octanol–water partition coefficient (Wildman–Crippen LogP) is 1.47. The van der Waals surface area contributed by atoms with Crippen molar-refractivity contribution in [2.24, 2.45) is 5.73 Å². The van der Waals surface area contributed by atoms with E-state index < -0.39 is 5.97 Å². The summed E-state index contributed by atoms with van der Waals surface area (Å²) < 4.78 is 0. The summed E-state index contributed by atoms with van der Waals surface area (Å²) in [7, 11) is 0. The molecule has 4 N–H and O–H groups in total. The largest absolute Gasteiger partial charge is 0.478 e. The average molecular weight is 264 g/mol. The number of nitrogens with two attached hydrogens (primary N) is 1. The van der Waals surface area contributed by atoms with Gasteiger partial charge in [0.1, 0.15) is 0 Å². The summed E-state index contributed by atoms with van der Waals surface area (Å²) >= 11 is 0. The van der Waals surface area contributed by atoms with Gasteiger partial charge in [-0.2, -0.15) is 0 Å². The van der Waals surface area contributed by atoms with Crippen molar-refractivity contribution in [2.75, 3.05) is 13.1 Å². The molecule has 5 nitrogen and oxygen atoms in total. The highest BCUT2D eigenvalue weighted by molar-refractivity contribution is 6.06. The van der Waals surface area contributed by atoms with Gasteiger partial charge < -0.3 is 16.2 Å². The van der Waals surface area contributed by atoms with E-state index in [9.17, 15) is 14.7 Å². The topological polar surface area (TPSA) is 92.4 Å². The molecule has 0 saturated carbocycles. The van der Waals surface area contributed by atoms with Crippen molar-refractivity contribution in [3.05, 3.63) is 34.4 Å². The van der Waals surface area contributed by atoms with Crippen LogP contribution >= 0.6 is 0 Å². The SMILES string of the molecule is Cc1ccc(C)c(C(=O)NCCCCN)c1C(=O)O. The number of unbranched alkanes of at least 4 members (excludes halogenated alkanes) is 1. The van der Waals surface area contributed by atoms with Gasteiger partial charge in [0, 0.05) is 6.54 Å². The van der Waals surface area contributed by atoms with Crippen LogP contribution in [0.2, 0.25) is 0 Å². The van der Waals surface area contributed by atoms with Gasteiger partial charge in [-0.25, -0.2) is 4.79 Å². The first-order valence-electron chi connectivity index (χ1n) is 6.30. The minimum absolute atomic E-state index is 0.0799. The molecule has 0 unspecified atom stereocenters. The summed E-state index contributed by atoms with van der Waals surface area (Å²) in [6, 6.07) is 3.47. The molecule has 0 saturated heterocycles. The van der Waals surface area contributed by atoms with Crippen molar-refractivity contribution in [1.29, 1.82) is 0 Å². The summed E-state index contributed by atoms with van der Waals surface area (Å²) in [4.78, 5) is 23.4. The molecule has 0 aromatic heterocycles. The van der Waals surface area contributed by atoms with E-state index in [0.717, 1.165) is 12.8 Å². The Kier molecular flexibility index (Phi) is 5.51. The van der Waals surface area contributed by atoms with Gasteiger partial charge in [-0.3, -0.25) is 4.79 Å². The Bertz CT molecular complexity index is 484. The van der Waals surface area contributed by atoms with Gasteiger partial charge in [0.15, 0.2) is 0 Å². The van der Waals surface area contributed by atoms with E-state index in [0.29, 0.717) is 24.2 Å². The Balaban J connectivity index is 2.95. The van der Waals surface area contributed by atoms with Crippen molar-refractivity contribution < 1.29 is 14.7 Å². The summed E-state index contributed by atoms with van der Waals surface area (Å²) in [5.41, 5.74) is 6.96. The quantitative estimate of drug-likeness (QED) is 0.678. The van der Waals surface area contributed by atoms with Crippen molar-refractivity contribution in [3.63, 3.8) is 0 Å². The normalized spacial score (nSPS) is 10.3. The van der Waals surface area contributed by atoms with Crippen LogP contribution in [-0.2, 0) is 0 Å². The van der Waals surface area contributed by atoms with E-state index in [4.69, 9.17) is 5.73 Å². The highest BCUT2D eigenvalue weighted by Gasteiger charge is 2.20. The maximum Gasteiger partial charge on any atom is 0.336 e. The summed E-state index contributed by atoms with van der Waals surface area (Å²) in [6.07, 6.45) is 1.62. The number of aromatic carboxylic acids is 1. The summed E-state index contributed by atoms with van der Waals surface area (Å²) in [5.74, 6) is -1.41. The monoisotopic (exact) mass is 264 g/mol. The first-order valence-corrected chi connectivity index (χ1v) is 6.30. The Labute approximate surface area is 112 Å². The van der Waals surface area contributed by atoms with Gasteiger partial charge in [0.05, 0.1) is 11.1 Å². The summed E-state index contributed by atoms with van der Waals surface area (Å²) in [5, 5.41) is 12.0. The number of rotatable bonds is 6. The van der Waals surface area contributed by atoms with Crippen molar-refractivity contribution in [2.45, 2.75) is 26.7 Å². The number of carboxylic acids is 1. The third kappa shape index (κ3) is 3.79. The highest BCUT2D eigenvalue weighted by atomic mass is 16.4. The number of benzene rings is 1. The molecule has 1 amide bonds. The summed E-state index contributed by atoms with van der Waals surface area (Å²) in [6.45, 7) is 4.51. The molecule has 0 aliphatic rings. The third-order valence-electron chi connectivity index (χ3n) is 2.98. The molecule has 0 bridgehead atoms. The zero-order valence-corrected chi connectivity index (χ0v) is 11.3. The number of carbonyl (C=O) groups is 2. The Morgan fingerprint density at radius 2 is 1.74 bits per heavy atom. The highest BCUT2D eigenvalue weighted by Crippen LogP contribution is 2.18. The molecular weight excluding hydrogens is 244 g/mol. The molecule has 0 aliphatic carbocycles. The van der Waals surface area contributed by atoms with Crippen LogP contribution in [0.4, 0.5) is 0 Å². The minimum Gasteiger partial charge on any atom is -0.478 e. The van der Waals surface area contributed by atoms with Gasteiger partial charge >= 0.3 is 5.97 Å². The number of aryl methyl sites for hydroxylation is 2. The molecule has 1 aromatic carbocycles. The van der Waals surface area contributed by atoms with Crippen molar-refractivity contribution >= 4 is 11.9 Å². The number of hydrogen-bond acceptors (Lipinski definition) is 3. The zero-order chi connectivity index (χ0) is 14.4. The lowest BCUT2D eigenvalue weighted by Gasteiger charge is -2.12. The van der Waals surface area contributed by atoms with Gasteiger partial charge in [-0.15, -0.1) is 0 Å². The van der Waals surface area contributed by atoms with Crippen LogP contribution in [0, 0.1) is 13.8 Å². The first-order chi connectivity index (χ1) is 8.99. The lowest BCUT2D eigenvalue weighted by Crippen LogP contribution is -2.28. The number of amides is 1. The predicted molar refractivity (Wildman–Crippen MR) is 73.5 cm³/mol. The molecule has 19 heavy (non-hydrogen) atoms. The fourth-order valence-corrected chi connectivity index (χ4v) is 1.94. The lowest BCUT2D eigenvalue weighted by atomic mass is 9.96. The van der Waals surface area contributed by atoms with E-state index in [2.05, 4.69) is 5.32 Å². The second kappa shape index (κ2) is 6.89. The molecule has 0 aliphatic heterocycles. The standard InChI is InChI=1S/C14H20N2O3/c1-9-5-6-10(2)12(14(18)19)11(9)13(17)16-8-4-3-7-15/h5-6H,3-4,7-8,15H2,1-2H3,(H,16,17)(H,18,19). The van der Waals surface area contributed by atoms with Gasteiger partial charge in [-0.1, -0.05) is 12.1 Å². The second-order valence-corrected chi connectivity index (χ2v) is 4.51. The lowest BCUT2D eigenvalue weighted by molar-refractivity contribution is 0.0690. The van der Waals surface area contributed by atoms with E-state index in [1.807, 2.05) is 0 Å². The molecule has 0 fully saturated rings. The number of hydrogen-bond donors (Lipinski definition) is 3. The molecule has 0 spiro atoms. The number of carbonyl (C=O) groups excluding carboxylic acids is 1. The molecule has 5 heteroatoms. The average Bonchev–Trinajstić information content (AvgIpc) is 2.36. The minimum atomic E-state index is -1.08. The van der Waals surface area contributed by atoms with Crippen LogP contribution in [-0.4, -0.2) is 30.1 Å². The van der Waals surface area contributed by atoms with Gasteiger partial charge in [0.2, 0.25) is 0 Å². The molecule has 1 rings (SSSR count). The zero-order valence-electron chi connectivity index (χ0n) is 11.3. The maximum atomic E-state index is 12.1. The maximum absolute atomic E-state index is 12.1. The van der Waals surface area contributed by atoms with Crippen LogP contribution in [0.25, 0.3) is 0 Å². The number of nitrogens with one attached hydrogen (secondary N) is 1. The van der Waals surface area contributed by atoms with E-state index in [1.54, 1.807) is 26.0 Å². The smallest absolute Gasteiger partial charge is 0.336 e. The van der Waals surface area contributed by atoms with Crippen LogP contribution in [0.15, 0.2) is 12.1 Å². The van der Waals surface area contributed by atoms with Crippen LogP contribution in [0.5, 0.6) is 0 Å². The Morgan fingerprint density at radius 1 is 1.16 bits per heavy atom. The van der Waals surface area contributed by atoms with Gasteiger partial charge in [0.25, 0.3) is 5.91 Å². The first kappa shape index (κ1) is 15.2. The number of carboxylic acid groups (broad SMARTS) is 1. The molecule has 0 heterocycles. The Hall–Kier alpha value is -1.88. The third-order valence-corrected chi connectivity index (χ3v) is 2.98. The molecule has 0 atom stereocenters. The van der Waals surface area contributed by atoms with Crippen molar-refractivity contribution in [1.82, 2.24) is 5.32 Å². The van der Waals surface area contributed by atoms with E-state index in [1.165, 1.54) is 0 Å². The molecule has 104 valence electrons. The molecule has 0 radical (unpaired) electrons. The fourth-order valence-electron chi connectivity index (χ4n) is 1.94. The second-order valence-electron chi connectivity index (χ2n) is 4.51. The van der Waals surface area contributed by atoms with Crippen molar-refractivity contribution in [3.8, 4) is 0 Å². The van der Waals surface area contributed by atoms with E-state index in [-0.39, 0.29) is 17.0 Å². The Morgan fingerprint density at radius 3 is 2.26 bits per heavy atom. The van der Waals surface area contributed by atoms with Crippen LogP contribution < -0.4 is 11.1 Å². The fraction of sp³-hybridized carbons (Fsp3) is 0.429. The molecular formula is C14H20N2O3. The molecule has 1 aromatic rings.